The van der Waals surface area contributed by atoms with Crippen LogP contribution < -0.4 is 0 Å². The van der Waals surface area contributed by atoms with Crippen LogP contribution in [-0.4, -0.2) is 9.38 Å². The molecule has 0 atom stereocenters. The fraction of sp³-hybridized carbons (Fsp3) is 0.214. The summed E-state index contributed by atoms with van der Waals surface area (Å²) in [7, 11) is 0. The molecule has 5 heteroatoms. The number of hydrogen-bond donors (Lipinski definition) is 0. The third kappa shape index (κ3) is 1.85. The zero-order valence-corrected chi connectivity index (χ0v) is 10.4. The van der Waals surface area contributed by atoms with E-state index in [9.17, 15) is 13.2 Å². The maximum absolute atomic E-state index is 12.8. The van der Waals surface area contributed by atoms with Gasteiger partial charge in [-0.1, -0.05) is 6.07 Å². The zero-order chi connectivity index (χ0) is 13.8. The normalized spacial score (nSPS) is 12.5. The van der Waals surface area contributed by atoms with Gasteiger partial charge in [-0.05, 0) is 38.1 Å². The van der Waals surface area contributed by atoms with Crippen molar-refractivity contribution in [1.82, 2.24) is 9.38 Å². The standard InChI is InChI=1S/C14H11F3N2/c1-8-5-9(2)19-12-7-11(14(15,16)17)4-3-10(12)6-13(19)18-8/h3-7H,1-2H3. The van der Waals surface area contributed by atoms with E-state index in [2.05, 4.69) is 4.98 Å². The van der Waals surface area contributed by atoms with Crippen molar-refractivity contribution in [1.29, 1.82) is 0 Å². The molecule has 19 heavy (non-hydrogen) atoms. The third-order valence-corrected chi connectivity index (χ3v) is 3.17. The van der Waals surface area contributed by atoms with Crippen molar-refractivity contribution in [3.8, 4) is 0 Å². The quantitative estimate of drug-likeness (QED) is 0.597. The van der Waals surface area contributed by atoms with Gasteiger partial charge < -0.3 is 0 Å². The van der Waals surface area contributed by atoms with Gasteiger partial charge in [-0.15, -0.1) is 0 Å². The maximum Gasteiger partial charge on any atom is 0.416 e. The minimum atomic E-state index is -4.33. The van der Waals surface area contributed by atoms with Crippen molar-refractivity contribution in [2.45, 2.75) is 20.0 Å². The molecule has 0 saturated carbocycles. The first kappa shape index (κ1) is 12.0. The molecule has 0 aliphatic rings. The molecular weight excluding hydrogens is 253 g/mol. The molecule has 98 valence electrons. The molecule has 0 unspecified atom stereocenters. The Morgan fingerprint density at radius 3 is 2.47 bits per heavy atom. The highest BCUT2D eigenvalue weighted by Crippen LogP contribution is 2.32. The van der Waals surface area contributed by atoms with Gasteiger partial charge in [-0.3, -0.25) is 4.40 Å². The topological polar surface area (TPSA) is 17.3 Å². The highest BCUT2D eigenvalue weighted by Gasteiger charge is 2.30. The molecular formula is C14H11F3N2. The smallest absolute Gasteiger partial charge is 0.298 e. The Morgan fingerprint density at radius 1 is 1.05 bits per heavy atom. The van der Waals surface area contributed by atoms with Crippen molar-refractivity contribution in [3.05, 3.63) is 47.3 Å². The van der Waals surface area contributed by atoms with Gasteiger partial charge >= 0.3 is 6.18 Å². The van der Waals surface area contributed by atoms with Crippen LogP contribution in [0.1, 0.15) is 17.0 Å². The molecule has 3 aromatic rings. The number of rotatable bonds is 0. The summed E-state index contributed by atoms with van der Waals surface area (Å²) in [5, 5.41) is 0.759. The summed E-state index contributed by atoms with van der Waals surface area (Å²) in [5.74, 6) is 0. The van der Waals surface area contributed by atoms with Crippen LogP contribution in [0.25, 0.3) is 16.6 Å². The van der Waals surface area contributed by atoms with E-state index in [0.29, 0.717) is 11.2 Å². The Bertz CT molecular complexity index is 785. The van der Waals surface area contributed by atoms with E-state index in [1.54, 1.807) is 10.5 Å². The van der Waals surface area contributed by atoms with E-state index >= 15 is 0 Å². The SMILES string of the molecule is Cc1cc(C)n2c(cc3ccc(C(F)(F)F)cc32)n1. The Hall–Kier alpha value is -2.04. The number of nitrogens with zero attached hydrogens (tertiary/aromatic N) is 2. The average Bonchev–Trinajstić information content (AvgIpc) is 2.64. The second-order valence-electron chi connectivity index (χ2n) is 4.65. The summed E-state index contributed by atoms with van der Waals surface area (Å²) in [4.78, 5) is 4.35. The summed E-state index contributed by atoms with van der Waals surface area (Å²) in [6.07, 6.45) is -4.33. The number of benzene rings is 1. The molecule has 0 aliphatic heterocycles. The van der Waals surface area contributed by atoms with Gasteiger partial charge in [0.25, 0.3) is 0 Å². The van der Waals surface area contributed by atoms with Crippen LogP contribution in [0, 0.1) is 13.8 Å². The lowest BCUT2D eigenvalue weighted by atomic mass is 10.1. The molecule has 0 spiro atoms. The lowest BCUT2D eigenvalue weighted by molar-refractivity contribution is -0.137. The Labute approximate surface area is 107 Å². The van der Waals surface area contributed by atoms with Crippen molar-refractivity contribution < 1.29 is 13.2 Å². The highest BCUT2D eigenvalue weighted by atomic mass is 19.4. The van der Waals surface area contributed by atoms with E-state index in [4.69, 9.17) is 0 Å². The minimum Gasteiger partial charge on any atom is -0.298 e. The van der Waals surface area contributed by atoms with Crippen molar-refractivity contribution >= 4 is 16.6 Å². The van der Waals surface area contributed by atoms with Crippen molar-refractivity contribution in [3.63, 3.8) is 0 Å². The second-order valence-corrected chi connectivity index (χ2v) is 4.65. The molecule has 2 heterocycles. The lowest BCUT2D eigenvalue weighted by Gasteiger charge is -2.08. The third-order valence-electron chi connectivity index (χ3n) is 3.17. The van der Waals surface area contributed by atoms with Crippen molar-refractivity contribution in [2.75, 3.05) is 0 Å². The molecule has 0 fully saturated rings. The van der Waals surface area contributed by atoms with Crippen LogP contribution in [0.3, 0.4) is 0 Å². The summed E-state index contributed by atoms with van der Waals surface area (Å²) >= 11 is 0. The lowest BCUT2D eigenvalue weighted by Crippen LogP contribution is -2.04. The highest BCUT2D eigenvalue weighted by molar-refractivity contribution is 5.87. The Balaban J connectivity index is 2.42. The predicted molar refractivity (Wildman–Crippen MR) is 67.2 cm³/mol. The first-order valence-corrected chi connectivity index (χ1v) is 5.83. The largest absolute Gasteiger partial charge is 0.416 e. The molecule has 3 rings (SSSR count). The van der Waals surface area contributed by atoms with Gasteiger partial charge in [-0.25, -0.2) is 4.98 Å². The van der Waals surface area contributed by atoms with E-state index in [1.807, 2.05) is 19.9 Å². The van der Waals surface area contributed by atoms with Crippen LogP contribution in [0.2, 0.25) is 0 Å². The molecule has 2 nitrogen and oxygen atoms in total. The van der Waals surface area contributed by atoms with Crippen LogP contribution in [-0.2, 0) is 6.18 Å². The molecule has 1 aromatic carbocycles. The molecule has 0 aliphatic carbocycles. The summed E-state index contributed by atoms with van der Waals surface area (Å²) in [5.41, 5.74) is 2.29. The number of aryl methyl sites for hydroxylation is 2. The Kier molecular flexibility index (Phi) is 2.36. The average molecular weight is 264 g/mol. The minimum absolute atomic E-state index is 0.537. The van der Waals surface area contributed by atoms with Gasteiger partial charge in [0, 0.05) is 16.8 Å². The van der Waals surface area contributed by atoms with Crippen LogP contribution >= 0.6 is 0 Å². The predicted octanol–water partition coefficient (Wildman–Crippen LogP) is 4.12. The van der Waals surface area contributed by atoms with Gasteiger partial charge in [0.15, 0.2) is 0 Å². The summed E-state index contributed by atoms with van der Waals surface area (Å²) < 4.78 is 40.0. The van der Waals surface area contributed by atoms with E-state index in [0.717, 1.165) is 22.8 Å². The van der Waals surface area contributed by atoms with Gasteiger partial charge in [-0.2, -0.15) is 13.2 Å². The van der Waals surface area contributed by atoms with Crippen LogP contribution in [0.5, 0.6) is 0 Å². The summed E-state index contributed by atoms with van der Waals surface area (Å²) in [6.45, 7) is 3.73. The molecule has 0 radical (unpaired) electrons. The monoisotopic (exact) mass is 264 g/mol. The summed E-state index contributed by atoms with van der Waals surface area (Å²) in [6, 6.07) is 7.42. The Morgan fingerprint density at radius 2 is 1.79 bits per heavy atom. The first-order valence-electron chi connectivity index (χ1n) is 5.83. The first-order chi connectivity index (χ1) is 8.86. The second kappa shape index (κ2) is 3.73. The molecule has 0 bridgehead atoms. The number of hydrogen-bond acceptors (Lipinski definition) is 1. The van der Waals surface area contributed by atoms with E-state index in [-0.39, 0.29) is 0 Å². The molecule has 0 amide bonds. The fourth-order valence-corrected chi connectivity index (χ4v) is 2.40. The van der Waals surface area contributed by atoms with Crippen LogP contribution in [0.15, 0.2) is 30.3 Å². The van der Waals surface area contributed by atoms with E-state index < -0.39 is 11.7 Å². The zero-order valence-electron chi connectivity index (χ0n) is 10.4. The van der Waals surface area contributed by atoms with Gasteiger partial charge in [0.2, 0.25) is 0 Å². The molecule has 0 saturated heterocycles. The fourth-order valence-electron chi connectivity index (χ4n) is 2.40. The number of aromatic nitrogens is 2. The number of alkyl halides is 3. The van der Waals surface area contributed by atoms with Gasteiger partial charge in [0.05, 0.1) is 11.1 Å². The van der Waals surface area contributed by atoms with Crippen molar-refractivity contribution in [2.24, 2.45) is 0 Å². The number of fused-ring (bicyclic) bond motifs is 3. The van der Waals surface area contributed by atoms with Gasteiger partial charge in [0.1, 0.15) is 5.65 Å². The number of halogens is 3. The van der Waals surface area contributed by atoms with Crippen LogP contribution in [0.4, 0.5) is 13.2 Å². The maximum atomic E-state index is 12.8. The van der Waals surface area contributed by atoms with E-state index in [1.165, 1.54) is 12.1 Å². The molecule has 2 aromatic heterocycles. The molecule has 0 N–H and O–H groups in total.